The van der Waals surface area contributed by atoms with Crippen LogP contribution in [0, 0.1) is 6.92 Å². The van der Waals surface area contributed by atoms with Crippen LogP contribution < -0.4 is 14.2 Å². The molecule has 0 aliphatic carbocycles. The Kier molecular flexibility index (Phi) is 7.20. The van der Waals surface area contributed by atoms with E-state index in [1.165, 1.54) is 38.5 Å². The average Bonchev–Trinajstić information content (AvgIpc) is 2.87. The van der Waals surface area contributed by atoms with Crippen molar-refractivity contribution in [3.05, 3.63) is 89.5 Å². The molecule has 4 aromatic carbocycles. The summed E-state index contributed by atoms with van der Waals surface area (Å²) in [6, 6.07) is 18.6. The van der Waals surface area contributed by atoms with E-state index in [1.807, 2.05) is 19.1 Å². The van der Waals surface area contributed by atoms with E-state index in [4.69, 9.17) is 14.2 Å². The van der Waals surface area contributed by atoms with Gasteiger partial charge in [0.2, 0.25) is 0 Å². The summed E-state index contributed by atoms with van der Waals surface area (Å²) < 4.78 is 58.6. The molecule has 0 amide bonds. The van der Waals surface area contributed by atoms with Gasteiger partial charge in [0.15, 0.2) is 11.5 Å². The van der Waals surface area contributed by atoms with Crippen molar-refractivity contribution in [1.29, 1.82) is 0 Å². The smallest absolute Gasteiger partial charge is 0.419 e. The van der Waals surface area contributed by atoms with Gasteiger partial charge in [-0.2, -0.15) is 13.2 Å². The zero-order valence-electron chi connectivity index (χ0n) is 20.4. The topological polar surface area (TPSA) is 68.2 Å². The van der Waals surface area contributed by atoms with E-state index in [-0.39, 0.29) is 46.5 Å². The molecule has 0 unspecified atom stereocenters. The van der Waals surface area contributed by atoms with Crippen molar-refractivity contribution in [1.82, 2.24) is 0 Å². The number of alkyl halides is 3. The van der Waals surface area contributed by atoms with Crippen LogP contribution in [0.1, 0.15) is 16.7 Å². The van der Waals surface area contributed by atoms with Crippen LogP contribution in [0.15, 0.2) is 72.8 Å². The Labute approximate surface area is 212 Å². The summed E-state index contributed by atoms with van der Waals surface area (Å²) in [5.74, 6) is -0.466. The van der Waals surface area contributed by atoms with Crippen LogP contribution in [-0.4, -0.2) is 24.4 Å². The molecule has 0 radical (unpaired) electrons. The van der Waals surface area contributed by atoms with Gasteiger partial charge in [0, 0.05) is 5.56 Å². The highest BCUT2D eigenvalue weighted by molar-refractivity contribution is 5.88. The number of halogens is 3. The third kappa shape index (κ3) is 5.43. The molecule has 0 saturated heterocycles. The molecule has 192 valence electrons. The molecule has 4 aromatic rings. The molecule has 4 rings (SSSR count). The van der Waals surface area contributed by atoms with E-state index in [1.54, 1.807) is 30.3 Å². The zero-order valence-corrected chi connectivity index (χ0v) is 20.4. The quantitative estimate of drug-likeness (QED) is 0.272. The fourth-order valence-corrected chi connectivity index (χ4v) is 4.01. The third-order valence-corrected chi connectivity index (χ3v) is 5.91. The maximum atomic E-state index is 14.1. The number of hydrogen-bond acceptors (Lipinski definition) is 5. The minimum Gasteiger partial charge on any atom is -0.508 e. The first-order valence-corrected chi connectivity index (χ1v) is 11.3. The van der Waals surface area contributed by atoms with Gasteiger partial charge in [-0.15, -0.1) is 0 Å². The molecule has 0 aromatic heterocycles. The number of benzene rings is 4. The van der Waals surface area contributed by atoms with Crippen LogP contribution in [0.5, 0.6) is 28.7 Å². The highest BCUT2D eigenvalue weighted by atomic mass is 19.4. The lowest BCUT2D eigenvalue weighted by Crippen LogP contribution is -2.09. The van der Waals surface area contributed by atoms with E-state index in [0.29, 0.717) is 11.1 Å². The molecule has 0 atom stereocenters. The first-order valence-electron chi connectivity index (χ1n) is 11.3. The predicted molar refractivity (Wildman–Crippen MR) is 134 cm³/mol. The molecular weight excluding hydrogens is 485 g/mol. The molecule has 0 spiro atoms. The fraction of sp³-hybridized carbons (Fsp3) is 0.172. The van der Waals surface area contributed by atoms with E-state index in [0.717, 1.165) is 17.2 Å². The standard InChI is InChI=1S/C29H25F3O5/c1-17-4-6-18(7-5-17)16-37-24-13-10-20(14-23(24)29(30,31)32)26-25(35-2)15-22(28(36-3)27(26)34)19-8-11-21(33)12-9-19/h4-15,33-34H,16H2,1-3H3. The third-order valence-electron chi connectivity index (χ3n) is 5.91. The summed E-state index contributed by atoms with van der Waals surface area (Å²) >= 11 is 0. The predicted octanol–water partition coefficient (Wildman–Crippen LogP) is 7.36. The molecule has 37 heavy (non-hydrogen) atoms. The average molecular weight is 511 g/mol. The highest BCUT2D eigenvalue weighted by Gasteiger charge is 2.35. The molecule has 0 heterocycles. The Hall–Kier alpha value is -4.33. The molecule has 0 saturated carbocycles. The Bertz CT molecular complexity index is 1400. The second-order valence-corrected chi connectivity index (χ2v) is 8.41. The summed E-state index contributed by atoms with van der Waals surface area (Å²) in [7, 11) is 2.70. The van der Waals surface area contributed by atoms with Gasteiger partial charge >= 0.3 is 6.18 Å². The van der Waals surface area contributed by atoms with Crippen molar-refractivity contribution >= 4 is 0 Å². The fourth-order valence-electron chi connectivity index (χ4n) is 4.01. The monoisotopic (exact) mass is 510 g/mol. The van der Waals surface area contributed by atoms with Gasteiger partial charge in [-0.1, -0.05) is 48.0 Å². The second-order valence-electron chi connectivity index (χ2n) is 8.41. The number of phenolic OH excluding ortho intramolecular Hbond substituents is 2. The van der Waals surface area contributed by atoms with Gasteiger partial charge in [0.05, 0.1) is 25.3 Å². The molecule has 8 heteroatoms. The Morgan fingerprint density at radius 3 is 2.00 bits per heavy atom. The van der Waals surface area contributed by atoms with Crippen molar-refractivity contribution < 1.29 is 37.6 Å². The summed E-state index contributed by atoms with van der Waals surface area (Å²) in [5, 5.41) is 20.7. The molecule has 0 bridgehead atoms. The first-order chi connectivity index (χ1) is 17.6. The maximum absolute atomic E-state index is 14.1. The molecule has 0 aliphatic rings. The van der Waals surface area contributed by atoms with Gasteiger partial charge in [-0.25, -0.2) is 0 Å². The van der Waals surface area contributed by atoms with Gasteiger partial charge < -0.3 is 24.4 Å². The van der Waals surface area contributed by atoms with Crippen LogP contribution in [-0.2, 0) is 12.8 Å². The number of aryl methyl sites for hydroxylation is 1. The van der Waals surface area contributed by atoms with Crippen molar-refractivity contribution in [2.24, 2.45) is 0 Å². The van der Waals surface area contributed by atoms with E-state index in [2.05, 4.69) is 0 Å². The molecule has 0 fully saturated rings. The molecule has 2 N–H and O–H groups in total. The molecule has 0 aliphatic heterocycles. The van der Waals surface area contributed by atoms with Crippen molar-refractivity contribution in [2.75, 3.05) is 14.2 Å². The zero-order chi connectivity index (χ0) is 26.7. The second kappa shape index (κ2) is 10.3. The van der Waals surface area contributed by atoms with Crippen LogP contribution >= 0.6 is 0 Å². The Balaban J connectivity index is 1.79. The summed E-state index contributed by atoms with van der Waals surface area (Å²) in [6.45, 7) is 1.88. The summed E-state index contributed by atoms with van der Waals surface area (Å²) in [4.78, 5) is 0. The van der Waals surface area contributed by atoms with E-state index < -0.39 is 11.7 Å². The summed E-state index contributed by atoms with van der Waals surface area (Å²) in [6.07, 6.45) is -4.71. The largest absolute Gasteiger partial charge is 0.508 e. The van der Waals surface area contributed by atoms with E-state index >= 15 is 0 Å². The van der Waals surface area contributed by atoms with Gasteiger partial charge in [0.1, 0.15) is 23.9 Å². The lowest BCUT2D eigenvalue weighted by Gasteiger charge is -2.20. The van der Waals surface area contributed by atoms with Gasteiger partial charge in [0.25, 0.3) is 0 Å². The molecular formula is C29H25F3O5. The van der Waals surface area contributed by atoms with Crippen molar-refractivity contribution in [3.63, 3.8) is 0 Å². The minimum atomic E-state index is -4.71. The lowest BCUT2D eigenvalue weighted by atomic mass is 9.95. The van der Waals surface area contributed by atoms with Crippen molar-refractivity contribution in [3.8, 4) is 51.0 Å². The Morgan fingerprint density at radius 2 is 1.41 bits per heavy atom. The van der Waals surface area contributed by atoms with Crippen LogP contribution in [0.2, 0.25) is 0 Å². The van der Waals surface area contributed by atoms with Crippen LogP contribution in [0.25, 0.3) is 22.3 Å². The van der Waals surface area contributed by atoms with Gasteiger partial charge in [-0.3, -0.25) is 0 Å². The molecule has 5 nitrogen and oxygen atoms in total. The summed E-state index contributed by atoms with van der Waals surface area (Å²) in [5.41, 5.74) is 1.93. The number of hydrogen-bond donors (Lipinski definition) is 2. The number of methoxy groups -OCH3 is 2. The van der Waals surface area contributed by atoms with Crippen LogP contribution in [0.4, 0.5) is 13.2 Å². The minimum absolute atomic E-state index is 0.0353. The van der Waals surface area contributed by atoms with Crippen molar-refractivity contribution in [2.45, 2.75) is 19.7 Å². The highest BCUT2D eigenvalue weighted by Crippen LogP contribution is 2.51. The number of rotatable bonds is 7. The van der Waals surface area contributed by atoms with Crippen LogP contribution in [0.3, 0.4) is 0 Å². The SMILES string of the molecule is COc1cc(-c2ccc(O)cc2)c(OC)c(O)c1-c1ccc(OCc2ccc(C)cc2)c(C(F)(F)F)c1. The Morgan fingerprint density at radius 1 is 0.757 bits per heavy atom. The number of phenols is 2. The first kappa shape index (κ1) is 25.8. The number of ether oxygens (including phenoxy) is 3. The lowest BCUT2D eigenvalue weighted by molar-refractivity contribution is -0.139. The number of aromatic hydroxyl groups is 2. The van der Waals surface area contributed by atoms with E-state index in [9.17, 15) is 23.4 Å². The maximum Gasteiger partial charge on any atom is 0.419 e. The van der Waals surface area contributed by atoms with Gasteiger partial charge in [-0.05, 0) is 53.9 Å². The normalized spacial score (nSPS) is 11.3.